The predicted molar refractivity (Wildman–Crippen MR) is 180 cm³/mol. The Labute approximate surface area is 256 Å². The predicted octanol–water partition coefficient (Wildman–Crippen LogP) is 8.32. The van der Waals surface area contributed by atoms with Gasteiger partial charge in [0.1, 0.15) is 5.82 Å². The average Bonchev–Trinajstić information content (AvgIpc) is 3.48. The second-order valence-electron chi connectivity index (χ2n) is 11.7. The van der Waals surface area contributed by atoms with E-state index in [4.69, 9.17) is 15.0 Å². The van der Waals surface area contributed by atoms with Gasteiger partial charge in [-0.3, -0.25) is 0 Å². The fourth-order valence-electron chi connectivity index (χ4n) is 6.65. The van der Waals surface area contributed by atoms with Crippen LogP contribution in [0.15, 0.2) is 109 Å². The molecule has 0 saturated carbocycles. The van der Waals surface area contributed by atoms with Gasteiger partial charge in [0.25, 0.3) is 0 Å². The quantitative estimate of drug-likeness (QED) is 0.240. The number of thiophene rings is 1. The van der Waals surface area contributed by atoms with E-state index in [-0.39, 0.29) is 11.8 Å². The van der Waals surface area contributed by atoms with Crippen molar-refractivity contribution in [1.29, 1.82) is 0 Å². The summed E-state index contributed by atoms with van der Waals surface area (Å²) < 4.78 is 2.81. The topological polar surface area (TPSA) is 38.7 Å². The minimum absolute atomic E-state index is 0.175. The zero-order valence-corrected chi connectivity index (χ0v) is 24.9. The number of fused-ring (bicyclic) bond motifs is 3. The largest absolute Gasteiger partial charge is 0.213 e. The van der Waals surface area contributed by atoms with Crippen LogP contribution in [0.25, 0.3) is 32.9 Å². The second kappa shape index (κ2) is 11.3. The number of allylic oxidation sites excluding steroid dienone is 12. The number of benzene rings is 2. The lowest BCUT2D eigenvalue weighted by molar-refractivity contribution is 0.743. The van der Waals surface area contributed by atoms with Crippen LogP contribution in [0.1, 0.15) is 79.0 Å². The van der Waals surface area contributed by atoms with E-state index < -0.39 is 0 Å². The van der Waals surface area contributed by atoms with Crippen molar-refractivity contribution < 1.29 is 0 Å². The number of rotatable bonds is 5. The summed E-state index contributed by atoms with van der Waals surface area (Å²) in [4.78, 5) is 15.1. The highest BCUT2D eigenvalue weighted by atomic mass is 32.1. The zero-order chi connectivity index (χ0) is 28.6. The molecular weight excluding hydrogens is 543 g/mol. The monoisotopic (exact) mass is 575 g/mol. The van der Waals surface area contributed by atoms with E-state index in [1.165, 1.54) is 42.1 Å². The fourth-order valence-corrected chi connectivity index (χ4v) is 7.96. The molecule has 0 aliphatic heterocycles. The van der Waals surface area contributed by atoms with E-state index in [1.807, 2.05) is 11.3 Å². The van der Waals surface area contributed by atoms with Crippen molar-refractivity contribution in [2.24, 2.45) is 0 Å². The van der Waals surface area contributed by atoms with E-state index in [0.29, 0.717) is 0 Å². The molecule has 2 atom stereocenters. The molecule has 43 heavy (non-hydrogen) atoms. The van der Waals surface area contributed by atoms with E-state index in [1.54, 1.807) is 0 Å². The zero-order valence-electron chi connectivity index (χ0n) is 24.1. The molecule has 4 aromatic rings. The maximum Gasteiger partial charge on any atom is 0.163 e. The van der Waals surface area contributed by atoms with Gasteiger partial charge in [0.05, 0.1) is 0 Å². The van der Waals surface area contributed by atoms with Crippen LogP contribution in [-0.2, 0) is 0 Å². The molecule has 0 N–H and O–H groups in total. The van der Waals surface area contributed by atoms with Crippen molar-refractivity contribution in [2.45, 2.75) is 50.4 Å². The van der Waals surface area contributed by atoms with Crippen LogP contribution in [0.2, 0.25) is 0 Å². The highest BCUT2D eigenvalue weighted by Crippen LogP contribution is 2.35. The number of aromatic nitrogens is 3. The van der Waals surface area contributed by atoms with Gasteiger partial charge in [0, 0.05) is 26.6 Å². The lowest BCUT2D eigenvalue weighted by Crippen LogP contribution is -2.25. The maximum absolute atomic E-state index is 5.07. The van der Waals surface area contributed by atoms with Crippen LogP contribution in [0.4, 0.5) is 0 Å². The highest BCUT2D eigenvalue weighted by Gasteiger charge is 2.22. The Bertz CT molecular complexity index is 2050. The Hall–Kier alpha value is -4.41. The Kier molecular flexibility index (Phi) is 6.92. The normalized spacial score (nSPS) is 21.0. The van der Waals surface area contributed by atoms with Gasteiger partial charge in [-0.2, -0.15) is 0 Å². The van der Waals surface area contributed by atoms with Gasteiger partial charge in [0.2, 0.25) is 0 Å². The molecule has 2 unspecified atom stereocenters. The van der Waals surface area contributed by atoms with Crippen LogP contribution in [0.5, 0.6) is 0 Å². The third-order valence-corrected chi connectivity index (χ3v) is 10.1. The lowest BCUT2D eigenvalue weighted by atomic mass is 9.86. The first-order valence-corrected chi connectivity index (χ1v) is 16.3. The van der Waals surface area contributed by atoms with Gasteiger partial charge in [0.15, 0.2) is 11.6 Å². The van der Waals surface area contributed by atoms with E-state index in [2.05, 4.69) is 115 Å². The van der Waals surface area contributed by atoms with Gasteiger partial charge >= 0.3 is 0 Å². The first-order chi connectivity index (χ1) is 21.3. The van der Waals surface area contributed by atoms with Gasteiger partial charge < -0.3 is 0 Å². The summed E-state index contributed by atoms with van der Waals surface area (Å²) in [7, 11) is 0. The average molecular weight is 576 g/mol. The van der Waals surface area contributed by atoms with E-state index >= 15 is 0 Å². The Morgan fingerprint density at radius 1 is 0.767 bits per heavy atom. The van der Waals surface area contributed by atoms with Crippen molar-refractivity contribution in [1.82, 2.24) is 15.0 Å². The van der Waals surface area contributed by atoms with Gasteiger partial charge in [-0.15, -0.1) is 11.3 Å². The van der Waals surface area contributed by atoms with E-state index in [0.717, 1.165) is 61.6 Å². The van der Waals surface area contributed by atoms with Crippen molar-refractivity contribution >= 4 is 44.2 Å². The molecule has 0 spiro atoms. The molecule has 3 nitrogen and oxygen atoms in total. The first kappa shape index (κ1) is 26.2. The molecule has 0 saturated heterocycles. The van der Waals surface area contributed by atoms with Crippen LogP contribution >= 0.6 is 11.3 Å². The second-order valence-corrected chi connectivity index (χ2v) is 12.8. The summed E-state index contributed by atoms with van der Waals surface area (Å²) in [6, 6.07) is 18.1. The molecule has 0 amide bonds. The van der Waals surface area contributed by atoms with Crippen LogP contribution < -0.4 is 9.75 Å². The first-order valence-electron chi connectivity index (χ1n) is 15.5. The summed E-state index contributed by atoms with van der Waals surface area (Å²) in [5.74, 6) is 2.90. The molecular formula is C39H33N3S. The van der Waals surface area contributed by atoms with Crippen molar-refractivity contribution in [3.8, 4) is 0 Å². The van der Waals surface area contributed by atoms with Crippen molar-refractivity contribution in [3.05, 3.63) is 148 Å². The summed E-state index contributed by atoms with van der Waals surface area (Å²) in [6.45, 7) is 0. The number of hydrogen-bond donors (Lipinski definition) is 0. The van der Waals surface area contributed by atoms with Crippen LogP contribution in [0.3, 0.4) is 0 Å². The SMILES string of the molecule is C1=CCC(c2nc(C3=CCCC=C3)nc(C3=CC=CC(c4cccc(C5=c6sc7ccccc7c6=CCC5)c4)C3)n2)C=C1. The molecule has 2 aromatic heterocycles. The highest BCUT2D eigenvalue weighted by molar-refractivity contribution is 7.17. The third-order valence-electron chi connectivity index (χ3n) is 8.90. The molecule has 8 rings (SSSR count). The fraction of sp³-hybridized carbons (Fsp3) is 0.205. The molecule has 210 valence electrons. The molecule has 4 aliphatic rings. The molecule has 0 radical (unpaired) electrons. The minimum atomic E-state index is 0.175. The third kappa shape index (κ3) is 5.10. The molecule has 0 bridgehead atoms. The molecule has 0 fully saturated rings. The van der Waals surface area contributed by atoms with E-state index in [9.17, 15) is 0 Å². The van der Waals surface area contributed by atoms with Crippen LogP contribution in [-0.4, -0.2) is 15.0 Å². The Balaban J connectivity index is 1.14. The van der Waals surface area contributed by atoms with Crippen LogP contribution in [0, 0.1) is 0 Å². The molecule has 4 aliphatic carbocycles. The molecule has 2 heterocycles. The number of nitrogens with zero attached hydrogens (tertiary/aromatic N) is 3. The Morgan fingerprint density at radius 3 is 2.60 bits per heavy atom. The minimum Gasteiger partial charge on any atom is -0.213 e. The van der Waals surface area contributed by atoms with Crippen molar-refractivity contribution in [2.75, 3.05) is 0 Å². The summed E-state index contributed by atoms with van der Waals surface area (Å²) in [6.07, 6.45) is 30.5. The summed E-state index contributed by atoms with van der Waals surface area (Å²) in [5.41, 5.74) is 6.44. The lowest BCUT2D eigenvalue weighted by Gasteiger charge is -2.21. The van der Waals surface area contributed by atoms with Crippen molar-refractivity contribution in [3.63, 3.8) is 0 Å². The van der Waals surface area contributed by atoms with Gasteiger partial charge in [-0.25, -0.2) is 15.0 Å². The number of hydrogen-bond acceptors (Lipinski definition) is 4. The standard InChI is InChI=1S/C39H33N3S/c1-3-12-26(13-4-1)37-40-38(27-14-5-2-6-15-27)42-39(41-37)31-19-10-17-29(25-31)28-16-9-18-30(24-28)32-21-11-22-34-33-20-7-8-23-35(33)43-36(32)34/h1,3-5,7-10,12,14-20,22-24,26,29H,2,6,11,13,21,25H2. The van der Waals surface area contributed by atoms with Gasteiger partial charge in [-0.1, -0.05) is 109 Å². The molecule has 4 heteroatoms. The smallest absolute Gasteiger partial charge is 0.163 e. The van der Waals surface area contributed by atoms with Gasteiger partial charge in [-0.05, 0) is 77.5 Å². The molecule has 2 aromatic carbocycles. The summed E-state index contributed by atoms with van der Waals surface area (Å²) >= 11 is 1.94. The Morgan fingerprint density at radius 2 is 1.70 bits per heavy atom. The summed E-state index contributed by atoms with van der Waals surface area (Å²) in [5, 5.41) is 2.80. The maximum atomic E-state index is 5.07.